The molecule has 3 rings (SSSR count). The number of nitrogens with zero attached hydrogens (tertiary/aromatic N) is 1. The Labute approximate surface area is 205 Å². The maximum atomic E-state index is 12.2. The number of allylic oxidation sites excluding steroid dienone is 1. The first kappa shape index (κ1) is 25.0. The lowest BCUT2D eigenvalue weighted by molar-refractivity contribution is -0.131. The molecule has 0 radical (unpaired) electrons. The van der Waals surface area contributed by atoms with Gasteiger partial charge in [-0.15, -0.1) is 0 Å². The SMILES string of the molecule is CCCC1SC(C(=O)O)=C(C(C)C)N1[C@H](c1ccc(Cl)cc1)C(C)(C)c1ccc(Cl)cc1. The number of hydrogen-bond acceptors (Lipinski definition) is 3. The molecule has 6 heteroatoms. The molecule has 172 valence electrons. The van der Waals surface area contributed by atoms with E-state index in [1.807, 2.05) is 24.3 Å². The molecule has 0 aliphatic carbocycles. The summed E-state index contributed by atoms with van der Waals surface area (Å²) < 4.78 is 0. The smallest absolute Gasteiger partial charge is 0.344 e. The second-order valence-electron chi connectivity index (χ2n) is 9.13. The van der Waals surface area contributed by atoms with Gasteiger partial charge >= 0.3 is 5.97 Å². The third-order valence-corrected chi connectivity index (χ3v) is 7.95. The quantitative estimate of drug-likeness (QED) is 0.404. The Morgan fingerprint density at radius 2 is 1.59 bits per heavy atom. The van der Waals surface area contributed by atoms with E-state index in [-0.39, 0.29) is 22.7 Å². The summed E-state index contributed by atoms with van der Waals surface area (Å²) >= 11 is 13.9. The minimum atomic E-state index is -0.846. The molecule has 0 amide bonds. The topological polar surface area (TPSA) is 40.5 Å². The lowest BCUT2D eigenvalue weighted by Crippen LogP contribution is -2.43. The molecular formula is C26H31Cl2NO2S. The number of carboxylic acid groups (broad SMARTS) is 1. The molecule has 1 N–H and O–H groups in total. The molecule has 2 aromatic carbocycles. The summed E-state index contributed by atoms with van der Waals surface area (Å²) in [6.07, 6.45) is 1.87. The lowest BCUT2D eigenvalue weighted by atomic mass is 9.73. The molecule has 3 nitrogen and oxygen atoms in total. The predicted octanol–water partition coefficient (Wildman–Crippen LogP) is 8.14. The fourth-order valence-corrected chi connectivity index (χ4v) is 6.39. The Kier molecular flexibility index (Phi) is 7.90. The summed E-state index contributed by atoms with van der Waals surface area (Å²) in [7, 11) is 0. The summed E-state index contributed by atoms with van der Waals surface area (Å²) in [5.41, 5.74) is 2.83. The molecule has 2 aromatic rings. The average Bonchev–Trinajstić information content (AvgIpc) is 3.09. The van der Waals surface area contributed by atoms with Crippen molar-refractivity contribution in [1.82, 2.24) is 4.90 Å². The van der Waals surface area contributed by atoms with Crippen molar-refractivity contribution in [2.75, 3.05) is 0 Å². The first-order valence-electron chi connectivity index (χ1n) is 11.0. The lowest BCUT2D eigenvalue weighted by Gasteiger charge is -2.46. The first-order valence-corrected chi connectivity index (χ1v) is 12.6. The van der Waals surface area contributed by atoms with E-state index >= 15 is 0 Å². The first-order chi connectivity index (χ1) is 15.1. The van der Waals surface area contributed by atoms with Crippen LogP contribution in [0.3, 0.4) is 0 Å². The van der Waals surface area contributed by atoms with Crippen molar-refractivity contribution < 1.29 is 9.90 Å². The third kappa shape index (κ3) is 4.98. The fourth-order valence-electron chi connectivity index (χ4n) is 4.60. The van der Waals surface area contributed by atoms with Crippen LogP contribution in [0.25, 0.3) is 0 Å². The monoisotopic (exact) mass is 491 g/mol. The van der Waals surface area contributed by atoms with Crippen molar-refractivity contribution in [2.45, 2.75) is 64.3 Å². The van der Waals surface area contributed by atoms with Crippen LogP contribution in [0.15, 0.2) is 59.1 Å². The molecule has 0 saturated heterocycles. The van der Waals surface area contributed by atoms with Crippen molar-refractivity contribution in [3.8, 4) is 0 Å². The normalized spacial score (nSPS) is 17.9. The van der Waals surface area contributed by atoms with E-state index in [1.54, 1.807) is 0 Å². The number of carbonyl (C=O) groups is 1. The van der Waals surface area contributed by atoms with Gasteiger partial charge in [-0.2, -0.15) is 0 Å². The number of thioether (sulfide) groups is 1. The summed E-state index contributed by atoms with van der Waals surface area (Å²) in [6, 6.07) is 15.8. The van der Waals surface area contributed by atoms with Gasteiger partial charge in [-0.1, -0.05) is 100 Å². The van der Waals surface area contributed by atoms with Crippen LogP contribution < -0.4 is 0 Å². The number of rotatable bonds is 8. The highest BCUT2D eigenvalue weighted by Gasteiger charge is 2.46. The second kappa shape index (κ2) is 10.1. The van der Waals surface area contributed by atoms with E-state index in [1.165, 1.54) is 11.8 Å². The zero-order valence-corrected chi connectivity index (χ0v) is 21.6. The van der Waals surface area contributed by atoms with Gasteiger partial charge in [-0.25, -0.2) is 4.79 Å². The van der Waals surface area contributed by atoms with Crippen LogP contribution in [0.2, 0.25) is 10.0 Å². The molecular weight excluding hydrogens is 461 g/mol. The van der Waals surface area contributed by atoms with Gasteiger partial charge in [-0.3, -0.25) is 0 Å². The van der Waals surface area contributed by atoms with Gasteiger partial charge < -0.3 is 10.0 Å². The van der Waals surface area contributed by atoms with Crippen molar-refractivity contribution >= 4 is 40.9 Å². The van der Waals surface area contributed by atoms with Crippen molar-refractivity contribution in [1.29, 1.82) is 0 Å². The van der Waals surface area contributed by atoms with Crippen LogP contribution in [0.4, 0.5) is 0 Å². The number of aliphatic carboxylic acids is 1. The zero-order valence-electron chi connectivity index (χ0n) is 19.2. The van der Waals surface area contributed by atoms with Gasteiger partial charge in [0.25, 0.3) is 0 Å². The Morgan fingerprint density at radius 1 is 1.06 bits per heavy atom. The van der Waals surface area contributed by atoms with Crippen LogP contribution in [0.5, 0.6) is 0 Å². The molecule has 2 atom stereocenters. The number of benzene rings is 2. The third-order valence-electron chi connectivity index (χ3n) is 6.09. The van der Waals surface area contributed by atoms with Crippen LogP contribution >= 0.6 is 35.0 Å². The van der Waals surface area contributed by atoms with Crippen molar-refractivity contribution in [2.24, 2.45) is 5.92 Å². The van der Waals surface area contributed by atoms with Gasteiger partial charge in [0.05, 0.1) is 11.4 Å². The van der Waals surface area contributed by atoms with E-state index in [9.17, 15) is 9.90 Å². The Hall–Kier alpha value is -1.62. The summed E-state index contributed by atoms with van der Waals surface area (Å²) in [5, 5.41) is 11.5. The van der Waals surface area contributed by atoms with Gasteiger partial charge in [0, 0.05) is 21.2 Å². The molecule has 32 heavy (non-hydrogen) atoms. The van der Waals surface area contributed by atoms with Gasteiger partial charge in [-0.05, 0) is 47.7 Å². The number of carboxylic acids is 1. The standard InChI is InChI=1S/C26H31Cl2NO2S/c1-6-7-21-29(22(16(2)3)23(32-21)25(30)31)24(17-8-12-19(27)13-9-17)26(4,5)18-10-14-20(28)15-11-18/h8-16,21,24H,6-7H2,1-5H3,(H,30,31)/t21?,24-/m1/s1. The predicted molar refractivity (Wildman–Crippen MR) is 136 cm³/mol. The Balaban J connectivity index is 2.25. The molecule has 0 fully saturated rings. The summed E-state index contributed by atoms with van der Waals surface area (Å²) in [5.74, 6) is -0.771. The highest BCUT2D eigenvalue weighted by molar-refractivity contribution is 8.04. The van der Waals surface area contributed by atoms with Gasteiger partial charge in [0.1, 0.15) is 4.91 Å². The van der Waals surface area contributed by atoms with E-state index in [4.69, 9.17) is 23.2 Å². The van der Waals surface area contributed by atoms with Crippen LogP contribution in [-0.4, -0.2) is 21.3 Å². The molecule has 0 bridgehead atoms. The van der Waals surface area contributed by atoms with Gasteiger partial charge in [0.2, 0.25) is 0 Å². The van der Waals surface area contributed by atoms with E-state index < -0.39 is 5.97 Å². The molecule has 1 unspecified atom stereocenters. The van der Waals surface area contributed by atoms with Gasteiger partial charge in [0.15, 0.2) is 0 Å². The molecule has 1 aliphatic heterocycles. The molecule has 1 heterocycles. The highest BCUT2D eigenvalue weighted by atomic mass is 35.5. The van der Waals surface area contributed by atoms with E-state index in [0.29, 0.717) is 15.0 Å². The summed E-state index contributed by atoms with van der Waals surface area (Å²) in [6.45, 7) is 10.7. The fraction of sp³-hybridized carbons (Fsp3) is 0.423. The Bertz CT molecular complexity index is 984. The van der Waals surface area contributed by atoms with Crippen LogP contribution in [0, 0.1) is 5.92 Å². The maximum Gasteiger partial charge on any atom is 0.344 e. The Morgan fingerprint density at radius 3 is 2.06 bits per heavy atom. The van der Waals surface area contributed by atoms with E-state index in [2.05, 4.69) is 63.8 Å². The number of halogens is 2. The zero-order chi connectivity index (χ0) is 23.6. The van der Waals surface area contributed by atoms with Crippen molar-refractivity contribution in [3.63, 3.8) is 0 Å². The van der Waals surface area contributed by atoms with Crippen LogP contribution in [-0.2, 0) is 10.2 Å². The second-order valence-corrected chi connectivity index (χ2v) is 11.2. The molecule has 0 spiro atoms. The largest absolute Gasteiger partial charge is 0.477 e. The maximum absolute atomic E-state index is 12.2. The van der Waals surface area contributed by atoms with E-state index in [0.717, 1.165) is 29.7 Å². The minimum absolute atomic E-state index is 0.0516. The average molecular weight is 493 g/mol. The molecule has 0 saturated carbocycles. The number of hydrogen-bond donors (Lipinski definition) is 1. The van der Waals surface area contributed by atoms with Crippen LogP contribution in [0.1, 0.15) is 64.6 Å². The molecule has 1 aliphatic rings. The summed E-state index contributed by atoms with van der Waals surface area (Å²) in [4.78, 5) is 15.1. The molecule has 0 aromatic heterocycles. The highest BCUT2D eigenvalue weighted by Crippen LogP contribution is 2.53. The minimum Gasteiger partial charge on any atom is -0.477 e. The van der Waals surface area contributed by atoms with Crippen molar-refractivity contribution in [3.05, 3.63) is 80.3 Å².